The Bertz CT molecular complexity index is 461. The number of benzene rings is 1. The second-order valence-electron chi connectivity index (χ2n) is 4.47. The van der Waals surface area contributed by atoms with Gasteiger partial charge in [0.25, 0.3) is 5.91 Å². The number of carbonyl (C=O) groups is 1. The van der Waals surface area contributed by atoms with E-state index in [-0.39, 0.29) is 17.7 Å². The summed E-state index contributed by atoms with van der Waals surface area (Å²) < 4.78 is 15.6. The molecule has 0 aliphatic rings. The molecule has 0 aliphatic heterocycles. The Labute approximate surface area is 119 Å². The van der Waals surface area contributed by atoms with Crippen LogP contribution in [0.3, 0.4) is 0 Å². The van der Waals surface area contributed by atoms with Gasteiger partial charge in [-0.05, 0) is 19.9 Å². The molecule has 0 bridgehead atoms. The molecule has 1 aromatic rings. The highest BCUT2D eigenvalue weighted by Gasteiger charge is 2.15. The van der Waals surface area contributed by atoms with E-state index >= 15 is 0 Å². The average molecular weight is 282 g/mol. The zero-order chi connectivity index (χ0) is 15.1. The number of nitrogens with two attached hydrogens (primary N) is 1. The average Bonchev–Trinajstić information content (AvgIpc) is 2.43. The lowest BCUT2D eigenvalue weighted by atomic mass is 10.1. The third kappa shape index (κ3) is 4.31. The molecule has 0 fully saturated rings. The van der Waals surface area contributed by atoms with E-state index in [1.807, 2.05) is 13.8 Å². The first kappa shape index (κ1) is 16.1. The number of rotatable bonds is 7. The predicted molar refractivity (Wildman–Crippen MR) is 77.4 cm³/mol. The van der Waals surface area contributed by atoms with Crippen LogP contribution < -0.4 is 20.5 Å². The standard InChI is InChI=1S/C14H22N2O4/c1-9(2)20-6-5-16-14(17)11-7-10(18-3)8-12(19-4)13(11)15/h7-9H,5-6,15H2,1-4H3,(H,16,17). The molecule has 0 heterocycles. The van der Waals surface area contributed by atoms with Crippen molar-refractivity contribution in [1.29, 1.82) is 0 Å². The van der Waals surface area contributed by atoms with E-state index < -0.39 is 0 Å². The van der Waals surface area contributed by atoms with E-state index in [4.69, 9.17) is 19.9 Å². The summed E-state index contributed by atoms with van der Waals surface area (Å²) in [6.45, 7) is 4.74. The van der Waals surface area contributed by atoms with Gasteiger partial charge in [-0.15, -0.1) is 0 Å². The molecule has 1 rings (SSSR count). The van der Waals surface area contributed by atoms with Crippen molar-refractivity contribution in [3.8, 4) is 11.5 Å². The van der Waals surface area contributed by atoms with Crippen molar-refractivity contribution < 1.29 is 19.0 Å². The molecular formula is C14H22N2O4. The van der Waals surface area contributed by atoms with E-state index in [0.717, 1.165) is 0 Å². The third-order valence-corrected chi connectivity index (χ3v) is 2.65. The number of methoxy groups -OCH3 is 2. The summed E-state index contributed by atoms with van der Waals surface area (Å²) in [5.41, 5.74) is 6.51. The molecular weight excluding hydrogens is 260 g/mol. The maximum absolute atomic E-state index is 12.1. The highest BCUT2D eigenvalue weighted by Crippen LogP contribution is 2.30. The fourth-order valence-corrected chi connectivity index (χ4v) is 1.63. The van der Waals surface area contributed by atoms with Crippen LogP contribution >= 0.6 is 0 Å². The topological polar surface area (TPSA) is 82.8 Å². The molecule has 1 aromatic carbocycles. The summed E-state index contributed by atoms with van der Waals surface area (Å²) in [5.74, 6) is 0.639. The van der Waals surface area contributed by atoms with Gasteiger partial charge in [0.05, 0.1) is 38.2 Å². The molecule has 6 nitrogen and oxygen atoms in total. The maximum atomic E-state index is 12.1. The molecule has 1 amide bonds. The Kier molecular flexibility index (Phi) is 6.11. The highest BCUT2D eigenvalue weighted by molar-refractivity contribution is 6.00. The molecule has 20 heavy (non-hydrogen) atoms. The van der Waals surface area contributed by atoms with E-state index in [1.54, 1.807) is 12.1 Å². The van der Waals surface area contributed by atoms with Crippen molar-refractivity contribution in [2.24, 2.45) is 0 Å². The van der Waals surface area contributed by atoms with Gasteiger partial charge in [0, 0.05) is 12.6 Å². The summed E-state index contributed by atoms with van der Waals surface area (Å²) in [4.78, 5) is 12.1. The minimum atomic E-state index is -0.285. The quantitative estimate of drug-likeness (QED) is 0.584. The van der Waals surface area contributed by atoms with Gasteiger partial charge in [-0.3, -0.25) is 4.79 Å². The molecule has 112 valence electrons. The van der Waals surface area contributed by atoms with Crippen molar-refractivity contribution in [1.82, 2.24) is 5.32 Å². The lowest BCUT2D eigenvalue weighted by Crippen LogP contribution is -2.28. The Morgan fingerprint density at radius 1 is 1.30 bits per heavy atom. The van der Waals surface area contributed by atoms with Crippen LogP contribution in [0.1, 0.15) is 24.2 Å². The van der Waals surface area contributed by atoms with Crippen LogP contribution in [0.15, 0.2) is 12.1 Å². The molecule has 0 atom stereocenters. The number of hydrogen-bond acceptors (Lipinski definition) is 5. The van der Waals surface area contributed by atoms with Gasteiger partial charge in [-0.25, -0.2) is 0 Å². The van der Waals surface area contributed by atoms with Crippen molar-refractivity contribution in [3.63, 3.8) is 0 Å². The van der Waals surface area contributed by atoms with Gasteiger partial charge >= 0.3 is 0 Å². The molecule has 0 spiro atoms. The monoisotopic (exact) mass is 282 g/mol. The lowest BCUT2D eigenvalue weighted by Gasteiger charge is -2.13. The second kappa shape index (κ2) is 7.59. The Balaban J connectivity index is 2.76. The minimum absolute atomic E-state index is 0.133. The fourth-order valence-electron chi connectivity index (χ4n) is 1.63. The van der Waals surface area contributed by atoms with E-state index in [2.05, 4.69) is 5.32 Å². The van der Waals surface area contributed by atoms with Gasteiger partial charge in [0.15, 0.2) is 0 Å². The summed E-state index contributed by atoms with van der Waals surface area (Å²) >= 11 is 0. The lowest BCUT2D eigenvalue weighted by molar-refractivity contribution is 0.0747. The Hall–Kier alpha value is -1.95. The van der Waals surface area contributed by atoms with E-state index in [9.17, 15) is 4.79 Å². The van der Waals surface area contributed by atoms with Crippen molar-refractivity contribution in [3.05, 3.63) is 17.7 Å². The normalized spacial score (nSPS) is 10.4. The second-order valence-corrected chi connectivity index (χ2v) is 4.47. The van der Waals surface area contributed by atoms with Crippen LogP contribution in [-0.2, 0) is 4.74 Å². The number of hydrogen-bond donors (Lipinski definition) is 2. The number of amides is 1. The van der Waals surface area contributed by atoms with Gasteiger partial charge in [0.2, 0.25) is 0 Å². The Morgan fingerprint density at radius 2 is 2.00 bits per heavy atom. The first-order valence-electron chi connectivity index (χ1n) is 6.40. The number of carbonyl (C=O) groups excluding carboxylic acids is 1. The largest absolute Gasteiger partial charge is 0.497 e. The van der Waals surface area contributed by atoms with Crippen LogP contribution in [0.4, 0.5) is 5.69 Å². The van der Waals surface area contributed by atoms with Gasteiger partial charge in [-0.1, -0.05) is 0 Å². The summed E-state index contributed by atoms with van der Waals surface area (Å²) in [7, 11) is 3.01. The molecule has 0 saturated carbocycles. The molecule has 0 aliphatic carbocycles. The Morgan fingerprint density at radius 3 is 2.55 bits per heavy atom. The molecule has 0 saturated heterocycles. The predicted octanol–water partition coefficient (Wildman–Crippen LogP) is 1.44. The maximum Gasteiger partial charge on any atom is 0.253 e. The highest BCUT2D eigenvalue weighted by atomic mass is 16.5. The van der Waals surface area contributed by atoms with Gasteiger partial charge in [0.1, 0.15) is 11.5 Å². The number of nitrogen functional groups attached to an aromatic ring is 1. The van der Waals surface area contributed by atoms with Crippen molar-refractivity contribution in [2.75, 3.05) is 33.1 Å². The molecule has 3 N–H and O–H groups in total. The smallest absolute Gasteiger partial charge is 0.253 e. The zero-order valence-electron chi connectivity index (χ0n) is 12.4. The summed E-state index contributed by atoms with van der Waals surface area (Å²) in [6, 6.07) is 3.21. The SMILES string of the molecule is COc1cc(OC)c(N)c(C(=O)NCCOC(C)C)c1. The first-order chi connectivity index (χ1) is 9.49. The van der Waals surface area contributed by atoms with Gasteiger partial charge < -0.3 is 25.3 Å². The van der Waals surface area contributed by atoms with E-state index in [0.29, 0.717) is 30.2 Å². The minimum Gasteiger partial charge on any atom is -0.497 e. The number of nitrogens with one attached hydrogen (secondary N) is 1. The van der Waals surface area contributed by atoms with Crippen molar-refractivity contribution >= 4 is 11.6 Å². The molecule has 6 heteroatoms. The number of anilines is 1. The summed E-state index contributed by atoms with van der Waals surface area (Å²) in [5, 5.41) is 2.74. The van der Waals surface area contributed by atoms with Crippen LogP contribution in [0, 0.1) is 0 Å². The third-order valence-electron chi connectivity index (χ3n) is 2.65. The number of ether oxygens (including phenoxy) is 3. The fraction of sp³-hybridized carbons (Fsp3) is 0.500. The molecule has 0 unspecified atom stereocenters. The van der Waals surface area contributed by atoms with E-state index in [1.165, 1.54) is 14.2 Å². The zero-order valence-corrected chi connectivity index (χ0v) is 12.4. The molecule has 0 aromatic heterocycles. The van der Waals surface area contributed by atoms with Crippen molar-refractivity contribution in [2.45, 2.75) is 20.0 Å². The van der Waals surface area contributed by atoms with Crippen LogP contribution in [0.2, 0.25) is 0 Å². The molecule has 0 radical (unpaired) electrons. The van der Waals surface area contributed by atoms with Crippen LogP contribution in [-0.4, -0.2) is 39.4 Å². The van der Waals surface area contributed by atoms with Crippen LogP contribution in [0.5, 0.6) is 11.5 Å². The van der Waals surface area contributed by atoms with Gasteiger partial charge in [-0.2, -0.15) is 0 Å². The van der Waals surface area contributed by atoms with Crippen LogP contribution in [0.25, 0.3) is 0 Å². The summed E-state index contributed by atoms with van der Waals surface area (Å²) in [6.07, 6.45) is 0.133. The first-order valence-corrected chi connectivity index (χ1v) is 6.40.